The van der Waals surface area contributed by atoms with E-state index in [1.165, 1.54) is 12.8 Å². The van der Waals surface area contributed by atoms with Crippen LogP contribution in [0.25, 0.3) is 0 Å². The average Bonchev–Trinajstić information content (AvgIpc) is 2.88. The molecule has 1 saturated carbocycles. The summed E-state index contributed by atoms with van der Waals surface area (Å²) in [6.07, 6.45) is 5.69. The van der Waals surface area contributed by atoms with E-state index in [2.05, 4.69) is 5.32 Å². The van der Waals surface area contributed by atoms with Crippen LogP contribution in [0.2, 0.25) is 0 Å². The lowest BCUT2D eigenvalue weighted by molar-refractivity contribution is -0.150. The summed E-state index contributed by atoms with van der Waals surface area (Å²) < 4.78 is 5.77. The molecule has 1 atom stereocenters. The zero-order valence-corrected chi connectivity index (χ0v) is 11.9. The molecule has 0 aromatic rings. The minimum Gasteiger partial charge on any atom is -0.376 e. The van der Waals surface area contributed by atoms with Gasteiger partial charge in [0.2, 0.25) is 11.8 Å². The van der Waals surface area contributed by atoms with Gasteiger partial charge in [-0.2, -0.15) is 0 Å². The van der Waals surface area contributed by atoms with E-state index < -0.39 is 5.54 Å². The van der Waals surface area contributed by atoms with Crippen molar-refractivity contribution in [1.82, 2.24) is 10.2 Å². The Kier molecular flexibility index (Phi) is 4.45. The van der Waals surface area contributed by atoms with Crippen LogP contribution in [0.3, 0.4) is 0 Å². The molecule has 2 amide bonds. The second-order valence-corrected chi connectivity index (χ2v) is 5.74. The Labute approximate surface area is 114 Å². The maximum atomic E-state index is 12.3. The average molecular weight is 268 g/mol. The number of hydrogen-bond acceptors (Lipinski definition) is 3. The van der Waals surface area contributed by atoms with E-state index in [9.17, 15) is 9.59 Å². The molecule has 0 aromatic heterocycles. The molecular weight excluding hydrogens is 244 g/mol. The third-order valence-electron chi connectivity index (χ3n) is 4.23. The molecule has 0 radical (unpaired) electrons. The van der Waals surface area contributed by atoms with Crippen molar-refractivity contribution in [3.63, 3.8) is 0 Å². The molecule has 0 bridgehead atoms. The fourth-order valence-electron chi connectivity index (χ4n) is 2.80. The van der Waals surface area contributed by atoms with E-state index in [0.717, 1.165) is 12.8 Å². The molecule has 1 saturated heterocycles. The summed E-state index contributed by atoms with van der Waals surface area (Å²) in [4.78, 5) is 25.6. The number of nitrogens with zero attached hydrogens (tertiary/aromatic N) is 1. The molecule has 2 aliphatic rings. The lowest BCUT2D eigenvalue weighted by Crippen LogP contribution is -2.65. The van der Waals surface area contributed by atoms with Gasteiger partial charge in [0, 0.05) is 6.54 Å². The Bertz CT molecular complexity index is 353. The molecule has 1 unspecified atom stereocenters. The van der Waals surface area contributed by atoms with Gasteiger partial charge < -0.3 is 15.0 Å². The minimum atomic E-state index is -0.747. The van der Waals surface area contributed by atoms with Gasteiger partial charge in [0.1, 0.15) is 5.54 Å². The molecule has 0 aromatic carbocycles. The maximum absolute atomic E-state index is 12.3. The Balaban J connectivity index is 1.84. The van der Waals surface area contributed by atoms with Gasteiger partial charge in [0.25, 0.3) is 0 Å². The smallest absolute Gasteiger partial charge is 0.248 e. The van der Waals surface area contributed by atoms with E-state index in [-0.39, 0.29) is 18.4 Å². The third kappa shape index (κ3) is 3.26. The number of amides is 2. The first-order chi connectivity index (χ1) is 9.05. The van der Waals surface area contributed by atoms with E-state index in [1.54, 1.807) is 11.8 Å². The van der Waals surface area contributed by atoms with Crippen molar-refractivity contribution in [1.29, 1.82) is 0 Å². The highest BCUT2D eigenvalue weighted by Gasteiger charge is 2.41. The van der Waals surface area contributed by atoms with Gasteiger partial charge in [0.05, 0.1) is 19.3 Å². The highest BCUT2D eigenvalue weighted by Crippen LogP contribution is 2.21. The van der Waals surface area contributed by atoms with Gasteiger partial charge in [-0.15, -0.1) is 0 Å². The summed E-state index contributed by atoms with van der Waals surface area (Å²) in [6, 6.07) is 0. The van der Waals surface area contributed by atoms with Crippen LogP contribution in [0.5, 0.6) is 0 Å². The van der Waals surface area contributed by atoms with Crippen molar-refractivity contribution in [3.05, 3.63) is 0 Å². The first-order valence-electron chi connectivity index (χ1n) is 7.27. The lowest BCUT2D eigenvalue weighted by atomic mass is 9.94. The first-order valence-corrected chi connectivity index (χ1v) is 7.27. The van der Waals surface area contributed by atoms with Crippen LogP contribution in [-0.2, 0) is 14.3 Å². The zero-order valence-electron chi connectivity index (χ0n) is 11.9. The predicted molar refractivity (Wildman–Crippen MR) is 71.6 cm³/mol. The van der Waals surface area contributed by atoms with Gasteiger partial charge in [-0.25, -0.2) is 0 Å². The van der Waals surface area contributed by atoms with Gasteiger partial charge in [0.15, 0.2) is 0 Å². The minimum absolute atomic E-state index is 0.00428. The van der Waals surface area contributed by atoms with Crippen LogP contribution in [0.1, 0.15) is 46.0 Å². The molecule has 108 valence electrons. The van der Waals surface area contributed by atoms with Crippen LogP contribution >= 0.6 is 0 Å². The van der Waals surface area contributed by atoms with Crippen molar-refractivity contribution in [2.75, 3.05) is 19.7 Å². The van der Waals surface area contributed by atoms with Gasteiger partial charge in [-0.3, -0.25) is 9.59 Å². The quantitative estimate of drug-likeness (QED) is 0.811. The van der Waals surface area contributed by atoms with Crippen molar-refractivity contribution in [3.8, 4) is 0 Å². The Hall–Kier alpha value is -1.10. The summed E-state index contributed by atoms with van der Waals surface area (Å²) in [7, 11) is 0. The van der Waals surface area contributed by atoms with Crippen molar-refractivity contribution >= 4 is 11.8 Å². The molecule has 0 spiro atoms. The number of carbonyl (C=O) groups is 2. The monoisotopic (exact) mass is 268 g/mol. The van der Waals surface area contributed by atoms with Crippen LogP contribution in [0.15, 0.2) is 0 Å². The number of rotatable bonds is 5. The standard InChI is InChI=1S/C14H24N2O3/c1-3-14(2)13(18)16(10-12(17)15-14)8-9-19-11-6-4-5-7-11/h11H,3-10H2,1-2H3,(H,15,17). The topological polar surface area (TPSA) is 58.6 Å². The molecule has 2 fully saturated rings. The number of carbonyl (C=O) groups excluding carboxylic acids is 2. The Morgan fingerprint density at radius 1 is 1.37 bits per heavy atom. The summed E-state index contributed by atoms with van der Waals surface area (Å²) >= 11 is 0. The SMILES string of the molecule is CCC1(C)NC(=O)CN(CCOC2CCCC2)C1=O. The summed E-state index contributed by atoms with van der Waals surface area (Å²) in [5.74, 6) is -0.0746. The lowest BCUT2D eigenvalue weighted by Gasteiger charge is -2.39. The second-order valence-electron chi connectivity index (χ2n) is 5.74. The summed E-state index contributed by atoms with van der Waals surface area (Å²) in [6.45, 7) is 4.90. The molecule has 2 rings (SSSR count). The number of hydrogen-bond donors (Lipinski definition) is 1. The van der Waals surface area contributed by atoms with Crippen LogP contribution < -0.4 is 5.32 Å². The molecule has 1 N–H and O–H groups in total. The first kappa shape index (κ1) is 14.3. The Morgan fingerprint density at radius 3 is 2.68 bits per heavy atom. The van der Waals surface area contributed by atoms with Crippen molar-refractivity contribution < 1.29 is 14.3 Å². The summed E-state index contributed by atoms with van der Waals surface area (Å²) in [5.41, 5.74) is -0.747. The molecule has 1 aliphatic heterocycles. The molecule has 1 heterocycles. The molecule has 1 aliphatic carbocycles. The molecule has 19 heavy (non-hydrogen) atoms. The van der Waals surface area contributed by atoms with Crippen LogP contribution in [-0.4, -0.2) is 48.1 Å². The van der Waals surface area contributed by atoms with E-state index in [1.807, 2.05) is 6.92 Å². The third-order valence-corrected chi connectivity index (χ3v) is 4.23. The number of ether oxygens (including phenoxy) is 1. The number of piperazine rings is 1. The fraction of sp³-hybridized carbons (Fsp3) is 0.857. The summed E-state index contributed by atoms with van der Waals surface area (Å²) in [5, 5.41) is 2.78. The molecule has 5 heteroatoms. The Morgan fingerprint density at radius 2 is 2.05 bits per heavy atom. The zero-order chi connectivity index (χ0) is 13.9. The maximum Gasteiger partial charge on any atom is 0.248 e. The predicted octanol–water partition coefficient (Wildman–Crippen LogP) is 1.07. The van der Waals surface area contributed by atoms with Crippen LogP contribution in [0.4, 0.5) is 0 Å². The number of nitrogens with one attached hydrogen (secondary N) is 1. The van der Waals surface area contributed by atoms with Gasteiger partial charge in [-0.05, 0) is 26.2 Å². The largest absolute Gasteiger partial charge is 0.376 e. The fourth-order valence-corrected chi connectivity index (χ4v) is 2.80. The van der Waals surface area contributed by atoms with E-state index >= 15 is 0 Å². The van der Waals surface area contributed by atoms with Crippen molar-refractivity contribution in [2.45, 2.75) is 57.6 Å². The molecular formula is C14H24N2O3. The van der Waals surface area contributed by atoms with E-state index in [0.29, 0.717) is 25.7 Å². The van der Waals surface area contributed by atoms with E-state index in [4.69, 9.17) is 4.74 Å². The highest BCUT2D eigenvalue weighted by molar-refractivity contribution is 5.97. The normalized spacial score (nSPS) is 28.8. The van der Waals surface area contributed by atoms with Gasteiger partial charge >= 0.3 is 0 Å². The van der Waals surface area contributed by atoms with Crippen LogP contribution in [0, 0.1) is 0 Å². The highest BCUT2D eigenvalue weighted by atomic mass is 16.5. The van der Waals surface area contributed by atoms with Crippen molar-refractivity contribution in [2.24, 2.45) is 0 Å². The second kappa shape index (κ2) is 5.90. The molecule has 5 nitrogen and oxygen atoms in total. The van der Waals surface area contributed by atoms with Gasteiger partial charge in [-0.1, -0.05) is 19.8 Å².